The highest BCUT2D eigenvalue weighted by atomic mass is 16.6. The number of carbonyl (C=O) groups is 2. The molecular weight excluding hydrogens is 320 g/mol. The molecule has 0 saturated carbocycles. The van der Waals surface area contributed by atoms with Crippen LogP contribution in [0.2, 0.25) is 0 Å². The number of piperidine rings is 2. The molecule has 1 spiro atoms. The zero-order valence-electron chi connectivity index (χ0n) is 16.7. The summed E-state index contributed by atoms with van der Waals surface area (Å²) < 4.78 is 10.9. The average molecular weight is 354 g/mol. The van der Waals surface area contributed by atoms with Gasteiger partial charge in [-0.3, -0.25) is 0 Å². The molecule has 2 aliphatic rings. The SMILES string of the molecule is CC(C)(C)OC(=O)N1CCC2(CC1)CCN(C(=O)OC(C)(C)C)CC2. The van der Waals surface area contributed by atoms with Gasteiger partial charge in [0.15, 0.2) is 0 Å². The van der Waals surface area contributed by atoms with Gasteiger partial charge in [-0.2, -0.15) is 0 Å². The van der Waals surface area contributed by atoms with Crippen LogP contribution in [0.1, 0.15) is 67.2 Å². The van der Waals surface area contributed by atoms with Crippen LogP contribution in [-0.2, 0) is 9.47 Å². The lowest BCUT2D eigenvalue weighted by Gasteiger charge is -2.46. The van der Waals surface area contributed by atoms with E-state index in [1.807, 2.05) is 51.3 Å². The van der Waals surface area contributed by atoms with E-state index in [4.69, 9.17) is 9.47 Å². The van der Waals surface area contributed by atoms with Crippen LogP contribution in [0.3, 0.4) is 0 Å². The van der Waals surface area contributed by atoms with Crippen LogP contribution in [0.15, 0.2) is 0 Å². The van der Waals surface area contributed by atoms with Crippen LogP contribution in [0.4, 0.5) is 9.59 Å². The first kappa shape index (κ1) is 19.9. The Labute approximate surface area is 151 Å². The minimum atomic E-state index is -0.453. The lowest BCUT2D eigenvalue weighted by molar-refractivity contribution is -0.0117. The van der Waals surface area contributed by atoms with Crippen molar-refractivity contribution >= 4 is 12.2 Å². The average Bonchev–Trinajstić information content (AvgIpc) is 2.45. The minimum absolute atomic E-state index is 0.214. The minimum Gasteiger partial charge on any atom is -0.444 e. The fraction of sp³-hybridized carbons (Fsp3) is 0.895. The van der Waals surface area contributed by atoms with E-state index in [1.54, 1.807) is 0 Å². The first-order chi connectivity index (χ1) is 11.4. The number of amides is 2. The van der Waals surface area contributed by atoms with Crippen molar-refractivity contribution in [2.45, 2.75) is 78.4 Å². The molecule has 2 rings (SSSR count). The van der Waals surface area contributed by atoms with Crippen molar-refractivity contribution in [3.8, 4) is 0 Å². The van der Waals surface area contributed by atoms with Gasteiger partial charge in [-0.05, 0) is 72.6 Å². The Bertz CT molecular complexity index is 439. The number of hydrogen-bond acceptors (Lipinski definition) is 4. The van der Waals surface area contributed by atoms with E-state index in [-0.39, 0.29) is 17.6 Å². The summed E-state index contributed by atoms with van der Waals surface area (Å²) in [4.78, 5) is 28.0. The third-order valence-corrected chi connectivity index (χ3v) is 4.95. The highest BCUT2D eigenvalue weighted by Gasteiger charge is 2.40. The predicted octanol–water partition coefficient (Wildman–Crippen LogP) is 4.03. The molecule has 0 aliphatic carbocycles. The number of likely N-dealkylation sites (tertiary alicyclic amines) is 2. The number of rotatable bonds is 0. The van der Waals surface area contributed by atoms with Crippen molar-refractivity contribution in [3.63, 3.8) is 0 Å². The Morgan fingerprint density at radius 1 is 0.680 bits per heavy atom. The standard InChI is InChI=1S/C19H34N2O4/c1-17(2,3)24-15(22)20-11-7-19(8-12-20)9-13-21(14-10-19)16(23)25-18(4,5)6/h7-14H2,1-6H3. The highest BCUT2D eigenvalue weighted by molar-refractivity contribution is 5.69. The van der Waals surface area contributed by atoms with E-state index >= 15 is 0 Å². The Hall–Kier alpha value is -1.46. The van der Waals surface area contributed by atoms with Crippen LogP contribution in [-0.4, -0.2) is 59.4 Å². The number of ether oxygens (including phenoxy) is 2. The molecule has 0 aromatic rings. The molecule has 0 bridgehead atoms. The lowest BCUT2D eigenvalue weighted by atomic mass is 9.71. The predicted molar refractivity (Wildman–Crippen MR) is 96.5 cm³/mol. The summed E-state index contributed by atoms with van der Waals surface area (Å²) in [5.74, 6) is 0. The summed E-state index contributed by atoms with van der Waals surface area (Å²) in [6.07, 6.45) is 3.49. The third-order valence-electron chi connectivity index (χ3n) is 4.95. The summed E-state index contributed by atoms with van der Waals surface area (Å²) in [7, 11) is 0. The molecule has 0 aromatic heterocycles. The molecule has 144 valence electrons. The molecule has 25 heavy (non-hydrogen) atoms. The summed E-state index contributed by atoms with van der Waals surface area (Å²) >= 11 is 0. The molecular formula is C19H34N2O4. The van der Waals surface area contributed by atoms with Gasteiger partial charge in [-0.1, -0.05) is 0 Å². The van der Waals surface area contributed by atoms with Crippen LogP contribution >= 0.6 is 0 Å². The maximum Gasteiger partial charge on any atom is 0.410 e. The molecule has 2 amide bonds. The van der Waals surface area contributed by atoms with Crippen LogP contribution in [0.25, 0.3) is 0 Å². The first-order valence-corrected chi connectivity index (χ1v) is 9.35. The molecule has 0 radical (unpaired) electrons. The van der Waals surface area contributed by atoms with Crippen molar-refractivity contribution in [1.29, 1.82) is 0 Å². The Morgan fingerprint density at radius 2 is 0.960 bits per heavy atom. The molecule has 2 aliphatic heterocycles. The highest BCUT2D eigenvalue weighted by Crippen LogP contribution is 2.41. The fourth-order valence-corrected chi connectivity index (χ4v) is 3.48. The van der Waals surface area contributed by atoms with Crippen LogP contribution in [0.5, 0.6) is 0 Å². The van der Waals surface area contributed by atoms with Gasteiger partial charge in [0.2, 0.25) is 0 Å². The Morgan fingerprint density at radius 3 is 1.20 bits per heavy atom. The van der Waals surface area contributed by atoms with Crippen molar-refractivity contribution in [1.82, 2.24) is 9.80 Å². The van der Waals surface area contributed by atoms with Gasteiger partial charge >= 0.3 is 12.2 Å². The van der Waals surface area contributed by atoms with Crippen molar-refractivity contribution in [3.05, 3.63) is 0 Å². The molecule has 2 fully saturated rings. The second kappa shape index (κ2) is 7.04. The van der Waals surface area contributed by atoms with Gasteiger partial charge in [-0.15, -0.1) is 0 Å². The van der Waals surface area contributed by atoms with Gasteiger partial charge in [0.05, 0.1) is 0 Å². The van der Waals surface area contributed by atoms with Gasteiger partial charge in [0.1, 0.15) is 11.2 Å². The van der Waals surface area contributed by atoms with Gasteiger partial charge in [0.25, 0.3) is 0 Å². The number of nitrogens with zero attached hydrogens (tertiary/aromatic N) is 2. The fourth-order valence-electron chi connectivity index (χ4n) is 3.48. The van der Waals surface area contributed by atoms with Crippen LogP contribution < -0.4 is 0 Å². The monoisotopic (exact) mass is 354 g/mol. The summed E-state index contributed by atoms with van der Waals surface area (Å²) in [6, 6.07) is 0. The maximum atomic E-state index is 12.2. The van der Waals surface area contributed by atoms with Crippen LogP contribution in [0, 0.1) is 5.41 Å². The van der Waals surface area contributed by atoms with E-state index in [9.17, 15) is 9.59 Å². The lowest BCUT2D eigenvalue weighted by Crippen LogP contribution is -2.50. The zero-order chi connectivity index (χ0) is 18.9. The smallest absolute Gasteiger partial charge is 0.410 e. The Balaban J connectivity index is 1.81. The zero-order valence-corrected chi connectivity index (χ0v) is 16.7. The van der Waals surface area contributed by atoms with Gasteiger partial charge in [-0.25, -0.2) is 9.59 Å². The maximum absolute atomic E-state index is 12.2. The van der Waals surface area contributed by atoms with E-state index in [2.05, 4.69) is 0 Å². The molecule has 0 atom stereocenters. The molecule has 6 heteroatoms. The van der Waals surface area contributed by atoms with E-state index in [0.717, 1.165) is 51.9 Å². The largest absolute Gasteiger partial charge is 0.444 e. The molecule has 6 nitrogen and oxygen atoms in total. The number of carbonyl (C=O) groups excluding carboxylic acids is 2. The second-order valence-electron chi connectivity index (χ2n) is 9.43. The van der Waals surface area contributed by atoms with Crippen molar-refractivity contribution < 1.29 is 19.1 Å². The van der Waals surface area contributed by atoms with Gasteiger partial charge in [0, 0.05) is 26.2 Å². The van der Waals surface area contributed by atoms with E-state index in [0.29, 0.717) is 0 Å². The number of hydrogen-bond donors (Lipinski definition) is 0. The molecule has 0 unspecified atom stereocenters. The van der Waals surface area contributed by atoms with Gasteiger partial charge < -0.3 is 19.3 Å². The quantitative estimate of drug-likeness (QED) is 0.659. The summed E-state index contributed by atoms with van der Waals surface area (Å²) in [5.41, 5.74) is -0.660. The van der Waals surface area contributed by atoms with E-state index in [1.165, 1.54) is 0 Å². The second-order valence-corrected chi connectivity index (χ2v) is 9.43. The molecule has 0 aromatic carbocycles. The summed E-state index contributed by atoms with van der Waals surface area (Å²) in [6.45, 7) is 14.3. The van der Waals surface area contributed by atoms with E-state index < -0.39 is 11.2 Å². The molecule has 0 N–H and O–H groups in total. The van der Waals surface area contributed by atoms with Crippen molar-refractivity contribution in [2.75, 3.05) is 26.2 Å². The normalized spacial score (nSPS) is 21.2. The van der Waals surface area contributed by atoms with Crippen molar-refractivity contribution in [2.24, 2.45) is 5.41 Å². The molecule has 2 saturated heterocycles. The summed E-state index contributed by atoms with van der Waals surface area (Å²) in [5, 5.41) is 0. The first-order valence-electron chi connectivity index (χ1n) is 9.35. The topological polar surface area (TPSA) is 59.1 Å². The molecule has 2 heterocycles. The third kappa shape index (κ3) is 5.79. The Kier molecular flexibility index (Phi) is 5.59.